The van der Waals surface area contributed by atoms with Crippen LogP contribution in [0.25, 0.3) is 0 Å². The maximum absolute atomic E-state index is 12.6. The Morgan fingerprint density at radius 2 is 1.81 bits per heavy atom. The summed E-state index contributed by atoms with van der Waals surface area (Å²) in [5.74, 6) is 0.300. The van der Waals surface area contributed by atoms with Crippen molar-refractivity contribution in [3.8, 4) is 0 Å². The molecule has 3 rings (SSSR count). The van der Waals surface area contributed by atoms with E-state index in [1.165, 1.54) is 11.3 Å². The first kappa shape index (κ1) is 14.4. The Kier molecular flexibility index (Phi) is 4.15. The van der Waals surface area contributed by atoms with Crippen LogP contribution < -0.4 is 4.90 Å². The number of likely N-dealkylation sites (N-methyl/N-ethyl adjacent to an activating group) is 1. The molecule has 2 aliphatic rings. The smallest absolute Gasteiger partial charge is 0.239 e. The van der Waals surface area contributed by atoms with Gasteiger partial charge in [0, 0.05) is 45.5 Å². The average molecular weight is 287 g/mol. The highest BCUT2D eigenvalue weighted by atomic mass is 16.2. The zero-order valence-electron chi connectivity index (χ0n) is 13.1. The van der Waals surface area contributed by atoms with E-state index in [1.807, 2.05) is 4.90 Å². The van der Waals surface area contributed by atoms with Crippen LogP contribution in [0.5, 0.6) is 0 Å². The quantitative estimate of drug-likeness (QED) is 0.832. The van der Waals surface area contributed by atoms with Crippen LogP contribution in [0.2, 0.25) is 0 Å². The maximum Gasteiger partial charge on any atom is 0.239 e. The molecule has 2 heterocycles. The first-order valence-electron chi connectivity index (χ1n) is 7.98. The number of para-hydroxylation sites is 1. The molecule has 21 heavy (non-hydrogen) atoms. The minimum absolute atomic E-state index is 0.0253. The summed E-state index contributed by atoms with van der Waals surface area (Å²) >= 11 is 0. The van der Waals surface area contributed by atoms with Crippen molar-refractivity contribution >= 4 is 11.6 Å². The highest BCUT2D eigenvalue weighted by Gasteiger charge is 2.29. The van der Waals surface area contributed by atoms with Crippen molar-refractivity contribution in [1.82, 2.24) is 9.80 Å². The molecule has 0 aliphatic carbocycles. The minimum atomic E-state index is -0.0253. The molecule has 0 bridgehead atoms. The van der Waals surface area contributed by atoms with E-state index in [2.05, 4.69) is 48.0 Å². The molecule has 0 saturated carbocycles. The normalized spacial score (nSPS) is 21.0. The fourth-order valence-electron chi connectivity index (χ4n) is 3.40. The number of fused-ring (bicyclic) bond motifs is 1. The number of hydrogen-bond donors (Lipinski definition) is 0. The molecule has 0 spiro atoms. The Bertz CT molecular complexity index is 511. The third-order valence-electron chi connectivity index (χ3n) is 4.82. The Hall–Kier alpha value is -1.55. The first-order chi connectivity index (χ1) is 10.2. The number of rotatable bonds is 2. The van der Waals surface area contributed by atoms with Crippen LogP contribution in [0, 0.1) is 0 Å². The summed E-state index contributed by atoms with van der Waals surface area (Å²) in [4.78, 5) is 19.3. The molecule has 1 unspecified atom stereocenters. The Morgan fingerprint density at radius 3 is 2.57 bits per heavy atom. The zero-order chi connectivity index (χ0) is 14.8. The van der Waals surface area contributed by atoms with Gasteiger partial charge in [-0.1, -0.05) is 18.2 Å². The van der Waals surface area contributed by atoms with Gasteiger partial charge < -0.3 is 9.80 Å². The average Bonchev–Trinajstić information content (AvgIpc) is 2.98. The molecular weight excluding hydrogens is 262 g/mol. The number of likely N-dealkylation sites (tertiary alicyclic amines) is 1. The van der Waals surface area contributed by atoms with E-state index >= 15 is 0 Å². The monoisotopic (exact) mass is 287 g/mol. The molecule has 4 heteroatoms. The molecule has 1 saturated heterocycles. The lowest BCUT2D eigenvalue weighted by atomic mass is 10.1. The van der Waals surface area contributed by atoms with Gasteiger partial charge in [-0.15, -0.1) is 0 Å². The van der Waals surface area contributed by atoms with Gasteiger partial charge >= 0.3 is 0 Å². The summed E-state index contributed by atoms with van der Waals surface area (Å²) < 4.78 is 0. The SMILES string of the molecule is CC(C(=O)N1CCCC1)N1CCN(C)c2ccccc2C1. The third-order valence-corrected chi connectivity index (χ3v) is 4.82. The molecule has 0 aromatic heterocycles. The van der Waals surface area contributed by atoms with E-state index in [-0.39, 0.29) is 6.04 Å². The van der Waals surface area contributed by atoms with Crippen LogP contribution in [-0.2, 0) is 11.3 Å². The highest BCUT2D eigenvalue weighted by Crippen LogP contribution is 2.25. The van der Waals surface area contributed by atoms with E-state index < -0.39 is 0 Å². The summed E-state index contributed by atoms with van der Waals surface area (Å²) in [6, 6.07) is 8.50. The van der Waals surface area contributed by atoms with Crippen LogP contribution in [0.1, 0.15) is 25.3 Å². The summed E-state index contributed by atoms with van der Waals surface area (Å²) in [6.07, 6.45) is 2.31. The van der Waals surface area contributed by atoms with Crippen molar-refractivity contribution in [3.05, 3.63) is 29.8 Å². The topological polar surface area (TPSA) is 26.8 Å². The van der Waals surface area contributed by atoms with Crippen LogP contribution in [0.15, 0.2) is 24.3 Å². The standard InChI is InChI=1S/C17H25N3O/c1-14(17(21)19-9-5-6-10-19)20-12-11-18(2)16-8-4-3-7-15(16)13-20/h3-4,7-8,14H,5-6,9-13H2,1-2H3. The largest absolute Gasteiger partial charge is 0.373 e. The van der Waals surface area contributed by atoms with Crippen LogP contribution in [-0.4, -0.2) is 55.0 Å². The molecule has 4 nitrogen and oxygen atoms in total. The molecule has 1 atom stereocenters. The molecule has 1 fully saturated rings. The predicted molar refractivity (Wildman–Crippen MR) is 85.4 cm³/mol. The van der Waals surface area contributed by atoms with Crippen molar-refractivity contribution < 1.29 is 4.79 Å². The fraction of sp³-hybridized carbons (Fsp3) is 0.588. The van der Waals surface area contributed by atoms with Crippen LogP contribution >= 0.6 is 0 Å². The van der Waals surface area contributed by atoms with E-state index in [4.69, 9.17) is 0 Å². The molecule has 2 aliphatic heterocycles. The van der Waals surface area contributed by atoms with Crippen molar-refractivity contribution in [2.45, 2.75) is 32.4 Å². The van der Waals surface area contributed by atoms with Gasteiger partial charge in [0.1, 0.15) is 0 Å². The van der Waals surface area contributed by atoms with E-state index in [9.17, 15) is 4.79 Å². The van der Waals surface area contributed by atoms with Gasteiger partial charge in [0.15, 0.2) is 0 Å². The number of hydrogen-bond acceptors (Lipinski definition) is 3. The second kappa shape index (κ2) is 6.06. The van der Waals surface area contributed by atoms with Gasteiger partial charge in [0.25, 0.3) is 0 Å². The van der Waals surface area contributed by atoms with Gasteiger partial charge in [0.05, 0.1) is 6.04 Å². The molecule has 1 aromatic rings. The van der Waals surface area contributed by atoms with Crippen molar-refractivity contribution in [2.24, 2.45) is 0 Å². The number of benzene rings is 1. The molecule has 1 aromatic carbocycles. The lowest BCUT2D eigenvalue weighted by Crippen LogP contribution is -2.47. The third kappa shape index (κ3) is 2.91. The minimum Gasteiger partial charge on any atom is -0.373 e. The summed E-state index contributed by atoms with van der Waals surface area (Å²) in [5, 5.41) is 0. The number of carbonyl (C=O) groups is 1. The Morgan fingerprint density at radius 1 is 1.10 bits per heavy atom. The number of carbonyl (C=O) groups excluding carboxylic acids is 1. The second-order valence-electron chi connectivity index (χ2n) is 6.23. The van der Waals surface area contributed by atoms with Crippen molar-refractivity contribution in [2.75, 3.05) is 38.1 Å². The summed E-state index contributed by atoms with van der Waals surface area (Å²) in [7, 11) is 2.13. The summed E-state index contributed by atoms with van der Waals surface area (Å²) in [5.41, 5.74) is 2.61. The number of anilines is 1. The van der Waals surface area contributed by atoms with E-state index in [1.54, 1.807) is 0 Å². The van der Waals surface area contributed by atoms with Crippen molar-refractivity contribution in [3.63, 3.8) is 0 Å². The first-order valence-corrected chi connectivity index (χ1v) is 7.98. The molecule has 114 valence electrons. The Labute approximate surface area is 127 Å². The number of amides is 1. The fourth-order valence-corrected chi connectivity index (χ4v) is 3.40. The lowest BCUT2D eigenvalue weighted by Gasteiger charge is -2.30. The summed E-state index contributed by atoms with van der Waals surface area (Å²) in [6.45, 7) is 6.71. The van der Waals surface area contributed by atoms with Gasteiger partial charge in [-0.3, -0.25) is 9.69 Å². The number of nitrogens with zero attached hydrogens (tertiary/aromatic N) is 3. The van der Waals surface area contributed by atoms with Crippen molar-refractivity contribution in [1.29, 1.82) is 0 Å². The highest BCUT2D eigenvalue weighted by molar-refractivity contribution is 5.81. The van der Waals surface area contributed by atoms with Crippen LogP contribution in [0.3, 0.4) is 0 Å². The molecule has 0 N–H and O–H groups in total. The molecule has 0 radical (unpaired) electrons. The van der Waals surface area contributed by atoms with Gasteiger partial charge in [0.2, 0.25) is 5.91 Å². The predicted octanol–water partition coefficient (Wildman–Crippen LogP) is 1.95. The van der Waals surface area contributed by atoms with Gasteiger partial charge in [-0.25, -0.2) is 0 Å². The molecular formula is C17H25N3O. The molecule has 1 amide bonds. The van der Waals surface area contributed by atoms with Gasteiger partial charge in [-0.2, -0.15) is 0 Å². The Balaban J connectivity index is 1.75. The van der Waals surface area contributed by atoms with Gasteiger partial charge in [-0.05, 0) is 31.4 Å². The zero-order valence-corrected chi connectivity index (χ0v) is 13.1. The maximum atomic E-state index is 12.6. The lowest BCUT2D eigenvalue weighted by molar-refractivity contribution is -0.135. The second-order valence-corrected chi connectivity index (χ2v) is 6.23. The van der Waals surface area contributed by atoms with E-state index in [0.717, 1.165) is 45.6 Å². The van der Waals surface area contributed by atoms with E-state index in [0.29, 0.717) is 5.91 Å². The van der Waals surface area contributed by atoms with Crippen LogP contribution in [0.4, 0.5) is 5.69 Å².